The van der Waals surface area contributed by atoms with Crippen LogP contribution in [-0.4, -0.2) is 31.6 Å². The van der Waals surface area contributed by atoms with E-state index in [0.29, 0.717) is 5.82 Å². The zero-order valence-electron chi connectivity index (χ0n) is 18.0. The van der Waals surface area contributed by atoms with Gasteiger partial charge in [0.25, 0.3) is 0 Å². The zero-order valence-corrected chi connectivity index (χ0v) is 18.0. The fraction of sp³-hybridized carbons (Fsp3) is 0.320. The molecule has 158 valence electrons. The van der Waals surface area contributed by atoms with Crippen molar-refractivity contribution in [2.24, 2.45) is 0 Å². The number of fused-ring (bicyclic) bond motifs is 3. The van der Waals surface area contributed by atoms with Gasteiger partial charge in [-0.3, -0.25) is 0 Å². The average Bonchev–Trinajstić information content (AvgIpc) is 3.16. The summed E-state index contributed by atoms with van der Waals surface area (Å²) >= 11 is 0. The number of hydrogen-bond donors (Lipinski definition) is 1. The van der Waals surface area contributed by atoms with E-state index >= 15 is 0 Å². The summed E-state index contributed by atoms with van der Waals surface area (Å²) in [4.78, 5) is 13.7. The van der Waals surface area contributed by atoms with E-state index in [-0.39, 0.29) is 5.92 Å². The molecule has 0 saturated carbocycles. The SMILES string of the molecule is COc1ccccc1[C@H]1CCCc2nc3ccc(-c4cnc(C(C)(C)O)nc4)cn3c21. The molecule has 5 rings (SSSR count). The van der Waals surface area contributed by atoms with Gasteiger partial charge in [0.2, 0.25) is 0 Å². The average molecular weight is 415 g/mol. The smallest absolute Gasteiger partial charge is 0.159 e. The van der Waals surface area contributed by atoms with Gasteiger partial charge in [-0.15, -0.1) is 0 Å². The first-order valence-corrected chi connectivity index (χ1v) is 10.6. The van der Waals surface area contributed by atoms with Crippen LogP contribution in [0.1, 0.15) is 55.4 Å². The van der Waals surface area contributed by atoms with Crippen molar-refractivity contribution in [2.45, 2.75) is 44.6 Å². The third-order valence-corrected chi connectivity index (χ3v) is 6.01. The maximum Gasteiger partial charge on any atom is 0.159 e. The van der Waals surface area contributed by atoms with Crippen molar-refractivity contribution >= 4 is 5.65 Å². The van der Waals surface area contributed by atoms with Gasteiger partial charge in [0, 0.05) is 41.2 Å². The maximum absolute atomic E-state index is 10.1. The number of aromatic nitrogens is 4. The largest absolute Gasteiger partial charge is 0.496 e. The molecule has 0 saturated heterocycles. The molecule has 3 aromatic heterocycles. The number of rotatable bonds is 4. The van der Waals surface area contributed by atoms with Crippen LogP contribution in [0.25, 0.3) is 16.8 Å². The summed E-state index contributed by atoms with van der Waals surface area (Å²) < 4.78 is 7.88. The Balaban J connectivity index is 1.62. The van der Waals surface area contributed by atoms with Crippen LogP contribution in [0.5, 0.6) is 5.75 Å². The van der Waals surface area contributed by atoms with Gasteiger partial charge in [0.1, 0.15) is 17.0 Å². The molecule has 1 aliphatic rings. The molecule has 0 spiro atoms. The number of methoxy groups -OCH3 is 1. The molecule has 1 aromatic carbocycles. The number of aliphatic hydroxyl groups is 1. The van der Waals surface area contributed by atoms with Crippen molar-refractivity contribution in [2.75, 3.05) is 7.11 Å². The van der Waals surface area contributed by atoms with Crippen molar-refractivity contribution < 1.29 is 9.84 Å². The standard InChI is InChI=1S/C25H26N4O2/c1-25(2,30)24-26-13-17(14-27-24)16-11-12-22-28-20-9-6-8-19(23(20)29(22)15-16)18-7-4-5-10-21(18)31-3/h4-5,7,10-15,19,30H,6,8-9H2,1-3H3/t19-/m1/s1. The first kappa shape index (κ1) is 19.7. The highest BCUT2D eigenvalue weighted by Crippen LogP contribution is 2.41. The number of pyridine rings is 1. The lowest BCUT2D eigenvalue weighted by atomic mass is 9.84. The molecule has 0 unspecified atom stereocenters. The summed E-state index contributed by atoms with van der Waals surface area (Å²) in [5, 5.41) is 10.1. The van der Waals surface area contributed by atoms with Crippen LogP contribution in [0.2, 0.25) is 0 Å². The molecule has 4 aromatic rings. The minimum absolute atomic E-state index is 0.235. The Morgan fingerprint density at radius 3 is 2.58 bits per heavy atom. The first-order valence-electron chi connectivity index (χ1n) is 10.6. The minimum atomic E-state index is -1.06. The Bertz CT molecular complexity index is 1240. The third kappa shape index (κ3) is 3.47. The second-order valence-electron chi connectivity index (χ2n) is 8.63. The molecule has 31 heavy (non-hydrogen) atoms. The molecule has 6 nitrogen and oxygen atoms in total. The van der Waals surface area contributed by atoms with E-state index in [9.17, 15) is 5.11 Å². The Hall–Kier alpha value is -3.25. The number of nitrogens with zero attached hydrogens (tertiary/aromatic N) is 4. The molecule has 0 fully saturated rings. The molecule has 0 bridgehead atoms. The fourth-order valence-corrected chi connectivity index (χ4v) is 4.50. The van der Waals surface area contributed by atoms with Crippen LogP contribution >= 0.6 is 0 Å². The van der Waals surface area contributed by atoms with Gasteiger partial charge in [-0.1, -0.05) is 18.2 Å². The molecule has 3 heterocycles. The van der Waals surface area contributed by atoms with Crippen LogP contribution < -0.4 is 4.74 Å². The van der Waals surface area contributed by atoms with Crippen molar-refractivity contribution in [3.63, 3.8) is 0 Å². The van der Waals surface area contributed by atoms with Gasteiger partial charge in [0.05, 0.1) is 18.5 Å². The van der Waals surface area contributed by atoms with Gasteiger partial charge >= 0.3 is 0 Å². The molecule has 0 aliphatic heterocycles. The molecule has 6 heteroatoms. The quantitative estimate of drug-likeness (QED) is 0.532. The highest BCUT2D eigenvalue weighted by atomic mass is 16.5. The summed E-state index contributed by atoms with van der Waals surface area (Å²) in [6.45, 7) is 3.37. The summed E-state index contributed by atoms with van der Waals surface area (Å²) in [5.74, 6) is 1.56. The Kier molecular flexibility index (Phi) is 4.74. The van der Waals surface area contributed by atoms with E-state index in [4.69, 9.17) is 9.72 Å². The number of ether oxygens (including phenoxy) is 1. The number of hydrogen-bond acceptors (Lipinski definition) is 5. The fourth-order valence-electron chi connectivity index (χ4n) is 4.50. The predicted molar refractivity (Wildman–Crippen MR) is 119 cm³/mol. The summed E-state index contributed by atoms with van der Waals surface area (Å²) in [7, 11) is 1.73. The number of para-hydroxylation sites is 1. The van der Waals surface area contributed by atoms with Gasteiger partial charge in [0.15, 0.2) is 5.82 Å². The van der Waals surface area contributed by atoms with Crippen LogP contribution in [0.15, 0.2) is 55.0 Å². The Morgan fingerprint density at radius 1 is 1.06 bits per heavy atom. The zero-order chi connectivity index (χ0) is 21.6. The lowest BCUT2D eigenvalue weighted by Crippen LogP contribution is -2.19. The van der Waals surface area contributed by atoms with E-state index in [1.165, 1.54) is 11.3 Å². The highest BCUT2D eigenvalue weighted by Gasteiger charge is 2.29. The van der Waals surface area contributed by atoms with Crippen molar-refractivity contribution in [1.29, 1.82) is 0 Å². The maximum atomic E-state index is 10.1. The van der Waals surface area contributed by atoms with Crippen LogP contribution in [-0.2, 0) is 12.0 Å². The van der Waals surface area contributed by atoms with Crippen molar-refractivity contribution in [1.82, 2.24) is 19.4 Å². The molecule has 1 aliphatic carbocycles. The molecule has 1 atom stereocenters. The van der Waals surface area contributed by atoms with Crippen molar-refractivity contribution in [3.8, 4) is 16.9 Å². The molecule has 0 amide bonds. The minimum Gasteiger partial charge on any atom is -0.496 e. The second-order valence-corrected chi connectivity index (χ2v) is 8.63. The van der Waals surface area contributed by atoms with Crippen LogP contribution in [0.3, 0.4) is 0 Å². The number of aryl methyl sites for hydroxylation is 1. The normalized spacial score (nSPS) is 16.3. The van der Waals surface area contributed by atoms with E-state index in [1.54, 1.807) is 33.4 Å². The number of benzene rings is 1. The Labute approximate surface area is 181 Å². The lowest BCUT2D eigenvalue weighted by molar-refractivity contribution is 0.0687. The van der Waals surface area contributed by atoms with E-state index in [0.717, 1.165) is 47.5 Å². The van der Waals surface area contributed by atoms with E-state index < -0.39 is 5.60 Å². The van der Waals surface area contributed by atoms with Gasteiger partial charge in [-0.2, -0.15) is 0 Å². The number of imidazole rings is 1. The predicted octanol–water partition coefficient (Wildman–Crippen LogP) is 4.50. The molecule has 0 radical (unpaired) electrons. The Morgan fingerprint density at radius 2 is 1.84 bits per heavy atom. The molecule has 1 N–H and O–H groups in total. The molecular formula is C25H26N4O2. The van der Waals surface area contributed by atoms with Crippen molar-refractivity contribution in [3.05, 3.63) is 77.8 Å². The summed E-state index contributed by atoms with van der Waals surface area (Å²) in [6, 6.07) is 12.4. The van der Waals surface area contributed by atoms with Gasteiger partial charge in [-0.05, 0) is 51.3 Å². The van der Waals surface area contributed by atoms with Gasteiger partial charge < -0.3 is 14.2 Å². The third-order valence-electron chi connectivity index (χ3n) is 6.01. The van der Waals surface area contributed by atoms with E-state index in [2.05, 4.69) is 38.8 Å². The highest BCUT2D eigenvalue weighted by molar-refractivity contribution is 5.64. The topological polar surface area (TPSA) is 72.5 Å². The summed E-state index contributed by atoms with van der Waals surface area (Å²) in [5.41, 5.74) is 5.41. The summed E-state index contributed by atoms with van der Waals surface area (Å²) in [6.07, 6.45) is 8.82. The molecular weight excluding hydrogens is 388 g/mol. The lowest BCUT2D eigenvalue weighted by Gasteiger charge is -2.24. The second kappa shape index (κ2) is 7.46. The van der Waals surface area contributed by atoms with Crippen LogP contribution in [0, 0.1) is 0 Å². The monoisotopic (exact) mass is 414 g/mol. The van der Waals surface area contributed by atoms with Crippen LogP contribution in [0.4, 0.5) is 0 Å². The first-order chi connectivity index (χ1) is 15.0. The van der Waals surface area contributed by atoms with Gasteiger partial charge in [-0.25, -0.2) is 15.0 Å². The van der Waals surface area contributed by atoms with E-state index in [1.807, 2.05) is 18.2 Å².